The summed E-state index contributed by atoms with van der Waals surface area (Å²) in [6.45, 7) is 0. The van der Waals surface area contributed by atoms with Crippen molar-refractivity contribution in [3.05, 3.63) is 41.1 Å². The predicted octanol–water partition coefficient (Wildman–Crippen LogP) is 2.74. The van der Waals surface area contributed by atoms with Gasteiger partial charge in [0.2, 0.25) is 11.8 Å². The second kappa shape index (κ2) is 5.20. The highest BCUT2D eigenvalue weighted by atomic mass is 32.2. The van der Waals surface area contributed by atoms with Crippen LogP contribution in [0.4, 0.5) is 4.79 Å². The zero-order chi connectivity index (χ0) is 14.1. The van der Waals surface area contributed by atoms with Crippen LogP contribution in [0.1, 0.15) is 12.8 Å². The van der Waals surface area contributed by atoms with E-state index < -0.39 is 6.16 Å². The highest BCUT2D eigenvalue weighted by Gasteiger charge is 2.47. The number of thioether (sulfide) groups is 1. The number of ether oxygens (including phenoxy) is 2. The third kappa shape index (κ3) is 2.27. The molecular weight excluding hydrogens is 278 g/mol. The molecule has 104 valence electrons. The Morgan fingerprint density at radius 2 is 2.05 bits per heavy atom. The molecule has 1 aromatic rings. The minimum Gasteiger partial charge on any atom is -0.437 e. The first kappa shape index (κ1) is 13.1. The quantitative estimate of drug-likeness (QED) is 0.633. The van der Waals surface area contributed by atoms with Crippen molar-refractivity contribution in [3.63, 3.8) is 0 Å². The summed E-state index contributed by atoms with van der Waals surface area (Å²) in [4.78, 5) is 26.4. The Kier molecular flexibility index (Phi) is 3.40. The van der Waals surface area contributed by atoms with Crippen LogP contribution in [0.5, 0.6) is 0 Å². The molecule has 20 heavy (non-hydrogen) atoms. The first-order valence-electron chi connectivity index (χ1n) is 6.23. The average Bonchev–Trinajstić information content (AvgIpc) is 2.71. The standard InChI is InChI=1S/C14H13NO4S/c1-18-14(17)19-13-11(7-9-8-12(16)15(9)13)20-10-5-3-2-4-6-10/h2-6,9H,7-8H2,1H3. The Balaban J connectivity index is 1.85. The van der Waals surface area contributed by atoms with Gasteiger partial charge >= 0.3 is 6.16 Å². The van der Waals surface area contributed by atoms with Crippen molar-refractivity contribution in [3.8, 4) is 0 Å². The molecule has 1 aromatic carbocycles. The molecule has 0 bridgehead atoms. The first-order chi connectivity index (χ1) is 9.69. The molecule has 3 rings (SSSR count). The second-order valence-electron chi connectivity index (χ2n) is 4.53. The molecule has 1 atom stereocenters. The molecule has 1 unspecified atom stereocenters. The number of carbonyl (C=O) groups excluding carboxylic acids is 2. The molecule has 6 heteroatoms. The normalized spacial score (nSPS) is 20.6. The second-order valence-corrected chi connectivity index (χ2v) is 5.69. The van der Waals surface area contributed by atoms with Gasteiger partial charge in [-0.1, -0.05) is 30.0 Å². The number of carbonyl (C=O) groups is 2. The molecule has 2 aliphatic rings. The molecule has 0 spiro atoms. The zero-order valence-corrected chi connectivity index (χ0v) is 11.7. The summed E-state index contributed by atoms with van der Waals surface area (Å²) in [5.41, 5.74) is 0. The van der Waals surface area contributed by atoms with Gasteiger partial charge in [0.15, 0.2) is 0 Å². The Bertz CT molecular complexity index is 584. The van der Waals surface area contributed by atoms with Gasteiger partial charge in [-0.25, -0.2) is 4.79 Å². The summed E-state index contributed by atoms with van der Waals surface area (Å²) in [5, 5.41) is 0. The minimum absolute atomic E-state index is 0.0161. The van der Waals surface area contributed by atoms with Crippen LogP contribution in [-0.2, 0) is 14.3 Å². The Labute approximate surface area is 120 Å². The van der Waals surface area contributed by atoms with Crippen LogP contribution < -0.4 is 0 Å². The van der Waals surface area contributed by atoms with E-state index in [1.807, 2.05) is 30.3 Å². The third-order valence-corrected chi connectivity index (χ3v) is 4.35. The number of amides is 1. The summed E-state index contributed by atoms with van der Waals surface area (Å²) in [6.07, 6.45) is 0.427. The number of fused-ring (bicyclic) bond motifs is 1. The summed E-state index contributed by atoms with van der Waals surface area (Å²) in [5.74, 6) is 0.310. The van der Waals surface area contributed by atoms with Crippen LogP contribution in [-0.4, -0.2) is 30.1 Å². The van der Waals surface area contributed by atoms with E-state index in [-0.39, 0.29) is 11.9 Å². The fraction of sp³-hybridized carbons (Fsp3) is 0.286. The maximum Gasteiger partial charge on any atom is 0.514 e. The lowest BCUT2D eigenvalue weighted by Gasteiger charge is -2.34. The third-order valence-electron chi connectivity index (χ3n) is 3.25. The molecule has 0 saturated carbocycles. The van der Waals surface area contributed by atoms with Crippen molar-refractivity contribution in [1.29, 1.82) is 0 Å². The molecule has 2 heterocycles. The predicted molar refractivity (Wildman–Crippen MR) is 72.7 cm³/mol. The summed E-state index contributed by atoms with van der Waals surface area (Å²) in [6, 6.07) is 9.90. The van der Waals surface area contributed by atoms with Gasteiger partial charge in [-0.05, 0) is 12.1 Å². The lowest BCUT2D eigenvalue weighted by molar-refractivity contribution is -0.144. The molecule has 1 fully saturated rings. The van der Waals surface area contributed by atoms with Gasteiger partial charge in [-0.3, -0.25) is 9.69 Å². The maximum atomic E-state index is 11.6. The number of benzene rings is 1. The Morgan fingerprint density at radius 3 is 2.70 bits per heavy atom. The highest BCUT2D eigenvalue weighted by molar-refractivity contribution is 8.03. The van der Waals surface area contributed by atoms with E-state index in [2.05, 4.69) is 4.74 Å². The van der Waals surface area contributed by atoms with E-state index in [1.165, 1.54) is 18.9 Å². The van der Waals surface area contributed by atoms with Crippen molar-refractivity contribution in [1.82, 2.24) is 4.90 Å². The van der Waals surface area contributed by atoms with Crippen LogP contribution in [0.15, 0.2) is 46.0 Å². The van der Waals surface area contributed by atoms with Gasteiger partial charge < -0.3 is 9.47 Å². The largest absolute Gasteiger partial charge is 0.514 e. The van der Waals surface area contributed by atoms with E-state index in [0.29, 0.717) is 12.3 Å². The molecule has 0 N–H and O–H groups in total. The van der Waals surface area contributed by atoms with Crippen molar-refractivity contribution < 1.29 is 19.1 Å². The topological polar surface area (TPSA) is 55.8 Å². The number of methoxy groups -OCH3 is 1. The molecule has 0 aromatic heterocycles. The molecule has 0 radical (unpaired) electrons. The fourth-order valence-electron chi connectivity index (χ4n) is 2.30. The number of β-lactam (4-membered cyclic amide) rings is 1. The number of rotatable bonds is 3. The van der Waals surface area contributed by atoms with E-state index in [0.717, 1.165) is 16.2 Å². The van der Waals surface area contributed by atoms with E-state index in [1.54, 1.807) is 4.90 Å². The van der Waals surface area contributed by atoms with Gasteiger partial charge in [-0.15, -0.1) is 0 Å². The monoisotopic (exact) mass is 291 g/mol. The summed E-state index contributed by atoms with van der Waals surface area (Å²) >= 11 is 1.51. The molecule has 0 aliphatic carbocycles. The maximum absolute atomic E-state index is 11.6. The van der Waals surface area contributed by atoms with Crippen LogP contribution in [0, 0.1) is 0 Å². The van der Waals surface area contributed by atoms with Gasteiger partial charge in [0.1, 0.15) is 0 Å². The lowest BCUT2D eigenvalue weighted by Crippen LogP contribution is -2.49. The van der Waals surface area contributed by atoms with Gasteiger partial charge in [0.25, 0.3) is 0 Å². The minimum atomic E-state index is -0.800. The van der Waals surface area contributed by atoms with Crippen molar-refractivity contribution >= 4 is 23.8 Å². The molecule has 2 aliphatic heterocycles. The average molecular weight is 291 g/mol. The highest BCUT2D eigenvalue weighted by Crippen LogP contribution is 2.45. The SMILES string of the molecule is COC(=O)OC1=C(Sc2ccccc2)CC2CC(=O)N12. The lowest BCUT2D eigenvalue weighted by atomic mass is 10.0. The Hall–Kier alpha value is -1.95. The number of hydrogen-bond acceptors (Lipinski definition) is 5. The molecule has 5 nitrogen and oxygen atoms in total. The van der Waals surface area contributed by atoms with Crippen molar-refractivity contribution in [2.24, 2.45) is 0 Å². The van der Waals surface area contributed by atoms with E-state index in [9.17, 15) is 9.59 Å². The zero-order valence-electron chi connectivity index (χ0n) is 10.9. The van der Waals surface area contributed by atoms with Crippen LogP contribution in [0.25, 0.3) is 0 Å². The van der Waals surface area contributed by atoms with Crippen LogP contribution >= 0.6 is 11.8 Å². The summed E-state index contributed by atoms with van der Waals surface area (Å²) in [7, 11) is 1.25. The smallest absolute Gasteiger partial charge is 0.437 e. The van der Waals surface area contributed by atoms with Crippen LogP contribution in [0.2, 0.25) is 0 Å². The van der Waals surface area contributed by atoms with Gasteiger partial charge in [0, 0.05) is 17.7 Å². The number of nitrogens with zero attached hydrogens (tertiary/aromatic N) is 1. The van der Waals surface area contributed by atoms with Gasteiger partial charge in [-0.2, -0.15) is 0 Å². The molecular formula is C14H13NO4S. The fourth-order valence-corrected chi connectivity index (χ4v) is 3.38. The van der Waals surface area contributed by atoms with Gasteiger partial charge in [0.05, 0.1) is 18.1 Å². The van der Waals surface area contributed by atoms with Crippen LogP contribution in [0.3, 0.4) is 0 Å². The van der Waals surface area contributed by atoms with Crippen molar-refractivity contribution in [2.45, 2.75) is 23.8 Å². The van der Waals surface area contributed by atoms with Crippen molar-refractivity contribution in [2.75, 3.05) is 7.11 Å². The van der Waals surface area contributed by atoms with E-state index >= 15 is 0 Å². The Morgan fingerprint density at radius 1 is 1.30 bits per heavy atom. The molecule has 1 amide bonds. The number of hydrogen-bond donors (Lipinski definition) is 0. The van der Waals surface area contributed by atoms with E-state index in [4.69, 9.17) is 4.74 Å². The first-order valence-corrected chi connectivity index (χ1v) is 7.04. The summed E-state index contributed by atoms with van der Waals surface area (Å²) < 4.78 is 9.66. The molecule has 1 saturated heterocycles.